The average molecular weight is 290 g/mol. The molecule has 0 spiro atoms. The topological polar surface area (TPSA) is 21.3 Å². The third-order valence-electron chi connectivity index (χ3n) is 2.56. The fourth-order valence-electron chi connectivity index (χ4n) is 1.62. The number of nitrogens with one attached hydrogen (secondary N) is 1. The number of benzene rings is 1. The quantitative estimate of drug-likeness (QED) is 0.744. The maximum Gasteiger partial charge on any atom is 0.139 e. The van der Waals surface area contributed by atoms with E-state index in [1.165, 1.54) is 0 Å². The zero-order valence-corrected chi connectivity index (χ0v) is 12.7. The normalized spacial score (nSPS) is 12.8. The molecule has 0 heterocycles. The molecule has 0 amide bonds. The van der Waals surface area contributed by atoms with Crippen LogP contribution in [-0.2, 0) is 0 Å². The van der Waals surface area contributed by atoms with E-state index in [2.05, 4.69) is 19.2 Å². The predicted molar refractivity (Wildman–Crippen MR) is 78.9 cm³/mol. The van der Waals surface area contributed by atoms with Gasteiger partial charge in [-0.05, 0) is 38.4 Å². The third-order valence-corrected chi connectivity index (χ3v) is 3.11. The molecule has 1 aromatic carbocycles. The first-order valence-electron chi connectivity index (χ1n) is 6.34. The van der Waals surface area contributed by atoms with Crippen LogP contribution in [-0.4, -0.2) is 18.7 Å². The van der Waals surface area contributed by atoms with Crippen molar-refractivity contribution in [1.82, 2.24) is 5.32 Å². The molecular weight excluding hydrogens is 269 g/mol. The Morgan fingerprint density at radius 2 is 1.94 bits per heavy atom. The minimum atomic E-state index is 0.134. The van der Waals surface area contributed by atoms with Gasteiger partial charge in [-0.15, -0.1) is 0 Å². The maximum atomic E-state index is 6.05. The molecule has 1 atom stereocenters. The van der Waals surface area contributed by atoms with E-state index in [4.69, 9.17) is 27.9 Å². The Morgan fingerprint density at radius 3 is 2.61 bits per heavy atom. The van der Waals surface area contributed by atoms with Gasteiger partial charge in [-0.2, -0.15) is 0 Å². The Morgan fingerprint density at radius 1 is 1.22 bits per heavy atom. The first-order valence-corrected chi connectivity index (χ1v) is 7.09. The highest BCUT2D eigenvalue weighted by Crippen LogP contribution is 2.28. The molecule has 0 aliphatic rings. The second-order valence-electron chi connectivity index (χ2n) is 4.75. The summed E-state index contributed by atoms with van der Waals surface area (Å²) in [5.74, 6) is 0.661. The highest BCUT2D eigenvalue weighted by molar-refractivity contribution is 6.34. The molecule has 0 radical (unpaired) electrons. The SMILES string of the molecule is CC(C)NCCCC(C)Oc1cc(Cl)ccc1Cl. The monoisotopic (exact) mass is 289 g/mol. The lowest BCUT2D eigenvalue weighted by Crippen LogP contribution is -2.25. The van der Waals surface area contributed by atoms with E-state index >= 15 is 0 Å². The van der Waals surface area contributed by atoms with Crippen molar-refractivity contribution in [1.29, 1.82) is 0 Å². The summed E-state index contributed by atoms with van der Waals surface area (Å²) in [6.07, 6.45) is 2.20. The van der Waals surface area contributed by atoms with Crippen molar-refractivity contribution in [3.63, 3.8) is 0 Å². The van der Waals surface area contributed by atoms with Gasteiger partial charge >= 0.3 is 0 Å². The zero-order chi connectivity index (χ0) is 13.5. The van der Waals surface area contributed by atoms with Crippen LogP contribution >= 0.6 is 23.2 Å². The van der Waals surface area contributed by atoms with Gasteiger partial charge in [0.1, 0.15) is 5.75 Å². The van der Waals surface area contributed by atoms with Crippen LogP contribution in [0.2, 0.25) is 10.0 Å². The van der Waals surface area contributed by atoms with Gasteiger partial charge in [0.15, 0.2) is 0 Å². The molecule has 102 valence electrons. The van der Waals surface area contributed by atoms with Gasteiger partial charge in [0, 0.05) is 17.1 Å². The smallest absolute Gasteiger partial charge is 0.139 e. The fourth-order valence-corrected chi connectivity index (χ4v) is 1.95. The van der Waals surface area contributed by atoms with Crippen LogP contribution in [0.4, 0.5) is 0 Å². The van der Waals surface area contributed by atoms with Gasteiger partial charge in [-0.1, -0.05) is 37.0 Å². The predicted octanol–water partition coefficient (Wildman–Crippen LogP) is 4.54. The van der Waals surface area contributed by atoms with E-state index < -0.39 is 0 Å². The number of rotatable bonds is 7. The standard InChI is InChI=1S/C14H21Cl2NO/c1-10(2)17-8-4-5-11(3)18-14-9-12(15)6-7-13(14)16/h6-7,9-11,17H,4-5,8H2,1-3H3. The fraction of sp³-hybridized carbons (Fsp3) is 0.571. The number of hydrogen-bond donors (Lipinski definition) is 1. The van der Waals surface area contributed by atoms with Crippen molar-refractivity contribution in [2.75, 3.05) is 6.54 Å². The molecule has 18 heavy (non-hydrogen) atoms. The molecular formula is C14H21Cl2NO. The Labute approximate surface area is 120 Å². The van der Waals surface area contributed by atoms with Crippen LogP contribution in [0, 0.1) is 0 Å². The van der Waals surface area contributed by atoms with Crippen molar-refractivity contribution in [3.8, 4) is 5.75 Å². The van der Waals surface area contributed by atoms with Crippen molar-refractivity contribution in [3.05, 3.63) is 28.2 Å². The maximum absolute atomic E-state index is 6.05. The molecule has 1 rings (SSSR count). The van der Waals surface area contributed by atoms with Gasteiger partial charge in [0.05, 0.1) is 11.1 Å². The molecule has 1 aromatic rings. The second kappa shape index (κ2) is 7.88. The average Bonchev–Trinajstić information content (AvgIpc) is 2.29. The lowest BCUT2D eigenvalue weighted by atomic mass is 10.2. The summed E-state index contributed by atoms with van der Waals surface area (Å²) < 4.78 is 5.79. The lowest BCUT2D eigenvalue weighted by molar-refractivity contribution is 0.207. The summed E-state index contributed by atoms with van der Waals surface area (Å²) >= 11 is 12.0. The molecule has 0 aliphatic heterocycles. The van der Waals surface area contributed by atoms with Gasteiger partial charge in [-0.3, -0.25) is 0 Å². The molecule has 1 N–H and O–H groups in total. The highest BCUT2D eigenvalue weighted by Gasteiger charge is 2.08. The first kappa shape index (κ1) is 15.6. The van der Waals surface area contributed by atoms with Crippen LogP contribution in [0.15, 0.2) is 18.2 Å². The Hall–Kier alpha value is -0.440. The zero-order valence-electron chi connectivity index (χ0n) is 11.2. The van der Waals surface area contributed by atoms with Gasteiger partial charge in [0.25, 0.3) is 0 Å². The molecule has 2 nitrogen and oxygen atoms in total. The van der Waals surface area contributed by atoms with Gasteiger partial charge in [0.2, 0.25) is 0 Å². The van der Waals surface area contributed by atoms with E-state index in [1.807, 2.05) is 6.92 Å². The van der Waals surface area contributed by atoms with E-state index in [0.717, 1.165) is 19.4 Å². The van der Waals surface area contributed by atoms with Crippen molar-refractivity contribution >= 4 is 23.2 Å². The van der Waals surface area contributed by atoms with E-state index in [0.29, 0.717) is 21.8 Å². The van der Waals surface area contributed by atoms with E-state index in [-0.39, 0.29) is 6.10 Å². The molecule has 1 unspecified atom stereocenters. The minimum Gasteiger partial charge on any atom is -0.489 e. The van der Waals surface area contributed by atoms with Crippen molar-refractivity contribution < 1.29 is 4.74 Å². The summed E-state index contributed by atoms with van der Waals surface area (Å²) in [5, 5.41) is 4.63. The largest absolute Gasteiger partial charge is 0.489 e. The summed E-state index contributed by atoms with van der Waals surface area (Å²) in [6, 6.07) is 5.80. The Bertz CT molecular complexity index is 369. The summed E-state index contributed by atoms with van der Waals surface area (Å²) in [7, 11) is 0. The van der Waals surface area contributed by atoms with Gasteiger partial charge < -0.3 is 10.1 Å². The van der Waals surface area contributed by atoms with Crippen LogP contribution in [0.25, 0.3) is 0 Å². The third kappa shape index (κ3) is 5.94. The number of ether oxygens (including phenoxy) is 1. The highest BCUT2D eigenvalue weighted by atomic mass is 35.5. The van der Waals surface area contributed by atoms with Crippen LogP contribution in [0.5, 0.6) is 5.75 Å². The van der Waals surface area contributed by atoms with E-state index in [1.54, 1.807) is 18.2 Å². The number of hydrogen-bond acceptors (Lipinski definition) is 2. The molecule has 4 heteroatoms. The van der Waals surface area contributed by atoms with Crippen LogP contribution in [0.3, 0.4) is 0 Å². The van der Waals surface area contributed by atoms with Gasteiger partial charge in [-0.25, -0.2) is 0 Å². The second-order valence-corrected chi connectivity index (χ2v) is 5.60. The molecule has 0 aliphatic carbocycles. The minimum absolute atomic E-state index is 0.134. The molecule has 0 saturated carbocycles. The Kier molecular flexibility index (Phi) is 6.83. The summed E-state index contributed by atoms with van der Waals surface area (Å²) in [6.45, 7) is 7.35. The number of halogens is 2. The van der Waals surface area contributed by atoms with E-state index in [9.17, 15) is 0 Å². The summed E-state index contributed by atoms with van der Waals surface area (Å²) in [5.41, 5.74) is 0. The van der Waals surface area contributed by atoms with Crippen LogP contribution < -0.4 is 10.1 Å². The Balaban J connectivity index is 2.35. The first-order chi connectivity index (χ1) is 8.49. The molecule has 0 bridgehead atoms. The lowest BCUT2D eigenvalue weighted by Gasteiger charge is -2.16. The molecule has 0 aromatic heterocycles. The van der Waals surface area contributed by atoms with Crippen molar-refractivity contribution in [2.45, 2.75) is 45.8 Å². The molecule has 0 saturated heterocycles. The summed E-state index contributed by atoms with van der Waals surface area (Å²) in [4.78, 5) is 0. The molecule has 0 fully saturated rings. The van der Waals surface area contributed by atoms with Crippen molar-refractivity contribution in [2.24, 2.45) is 0 Å². The van der Waals surface area contributed by atoms with Crippen LogP contribution in [0.1, 0.15) is 33.6 Å².